The number of para-hydroxylation sites is 1. The number of methoxy groups -OCH3 is 2. The minimum atomic E-state index is -0.626. The van der Waals surface area contributed by atoms with Gasteiger partial charge in [0.05, 0.1) is 14.2 Å². The van der Waals surface area contributed by atoms with Crippen molar-refractivity contribution in [2.75, 3.05) is 14.2 Å². The summed E-state index contributed by atoms with van der Waals surface area (Å²) in [6, 6.07) is 9.86. The van der Waals surface area contributed by atoms with Crippen LogP contribution in [0, 0.1) is 0 Å². The third kappa shape index (κ3) is 4.65. The summed E-state index contributed by atoms with van der Waals surface area (Å²) in [5.74, 6) is 0.441. The second-order valence-corrected chi connectivity index (χ2v) is 7.65. The van der Waals surface area contributed by atoms with Gasteiger partial charge in [0, 0.05) is 18.7 Å². The summed E-state index contributed by atoms with van der Waals surface area (Å²) in [7, 11) is 2.97. The molecule has 35 heavy (non-hydrogen) atoms. The Morgan fingerprint density at radius 2 is 1.77 bits per heavy atom. The summed E-state index contributed by atoms with van der Waals surface area (Å²) in [4.78, 5) is 30.1. The Balaban J connectivity index is 1.89. The molecule has 1 N–H and O–H groups in total. The molecule has 0 saturated carbocycles. The molecule has 0 amide bonds. The number of aromatic nitrogens is 5. The molecule has 11 heteroatoms. The van der Waals surface area contributed by atoms with Crippen molar-refractivity contribution in [3.8, 4) is 34.5 Å². The molecule has 4 aromatic rings. The van der Waals surface area contributed by atoms with Crippen LogP contribution in [0.2, 0.25) is 0 Å². The van der Waals surface area contributed by atoms with Crippen molar-refractivity contribution in [2.45, 2.75) is 32.7 Å². The predicted octanol–water partition coefficient (Wildman–Crippen LogP) is 2.56. The smallest absolute Gasteiger partial charge is 0.275 e. The van der Waals surface area contributed by atoms with Crippen LogP contribution in [0.15, 0.2) is 56.6 Å². The van der Waals surface area contributed by atoms with Gasteiger partial charge < -0.3 is 23.6 Å². The van der Waals surface area contributed by atoms with Crippen LogP contribution >= 0.6 is 0 Å². The maximum atomic E-state index is 13.8. The molecule has 0 atom stereocenters. The zero-order valence-corrected chi connectivity index (χ0v) is 19.6. The zero-order chi connectivity index (χ0) is 24.9. The standard InChI is InChI=1S/C24H25N5O6/c1-4-5-11-17-25-22(31)20(23-27-26-18(35-23)14-28-13-7-6-12-19(28)30)24(32)29(17)21-15(33-2)9-8-10-16(21)34-3/h6-10,12-13,31H,4-5,11,14H2,1-3H3. The minimum absolute atomic E-state index is 0.00394. The first kappa shape index (κ1) is 23.7. The van der Waals surface area contributed by atoms with E-state index >= 15 is 0 Å². The van der Waals surface area contributed by atoms with Gasteiger partial charge in [-0.1, -0.05) is 25.5 Å². The molecular formula is C24H25N5O6. The Labute approximate surface area is 200 Å². The predicted molar refractivity (Wildman–Crippen MR) is 126 cm³/mol. The Hall–Kier alpha value is -4.41. The highest BCUT2D eigenvalue weighted by Crippen LogP contribution is 2.34. The van der Waals surface area contributed by atoms with Gasteiger partial charge in [0.1, 0.15) is 29.6 Å². The molecular weight excluding hydrogens is 454 g/mol. The van der Waals surface area contributed by atoms with Gasteiger partial charge in [0.25, 0.3) is 17.0 Å². The Morgan fingerprint density at radius 3 is 2.43 bits per heavy atom. The third-order valence-corrected chi connectivity index (χ3v) is 5.40. The fraction of sp³-hybridized carbons (Fsp3) is 0.292. The second-order valence-electron chi connectivity index (χ2n) is 7.65. The van der Waals surface area contributed by atoms with E-state index in [4.69, 9.17) is 13.9 Å². The first-order valence-corrected chi connectivity index (χ1v) is 11.0. The number of aryl methyl sites for hydroxylation is 1. The van der Waals surface area contributed by atoms with Crippen LogP contribution < -0.4 is 20.6 Å². The fourth-order valence-corrected chi connectivity index (χ4v) is 3.68. The monoisotopic (exact) mass is 479 g/mol. The van der Waals surface area contributed by atoms with Crippen molar-refractivity contribution in [1.82, 2.24) is 24.3 Å². The number of hydrogen-bond donors (Lipinski definition) is 1. The lowest BCUT2D eigenvalue weighted by Crippen LogP contribution is -2.26. The highest BCUT2D eigenvalue weighted by molar-refractivity contribution is 5.63. The summed E-state index contributed by atoms with van der Waals surface area (Å²) in [6.07, 6.45) is 3.59. The number of unbranched alkanes of at least 4 members (excludes halogenated alkanes) is 1. The summed E-state index contributed by atoms with van der Waals surface area (Å²) in [5.41, 5.74) is -0.795. The number of rotatable bonds is 9. The molecule has 0 bridgehead atoms. The average Bonchev–Trinajstić information content (AvgIpc) is 3.31. The van der Waals surface area contributed by atoms with Gasteiger partial charge in [0.2, 0.25) is 11.8 Å². The van der Waals surface area contributed by atoms with Crippen molar-refractivity contribution in [3.63, 3.8) is 0 Å². The number of pyridine rings is 1. The Morgan fingerprint density at radius 1 is 1.03 bits per heavy atom. The highest BCUT2D eigenvalue weighted by atomic mass is 16.5. The topological polar surface area (TPSA) is 135 Å². The van der Waals surface area contributed by atoms with Crippen molar-refractivity contribution < 1.29 is 19.0 Å². The van der Waals surface area contributed by atoms with Gasteiger partial charge in [-0.05, 0) is 24.6 Å². The van der Waals surface area contributed by atoms with Crippen molar-refractivity contribution in [3.05, 3.63) is 75.0 Å². The van der Waals surface area contributed by atoms with Crippen molar-refractivity contribution in [1.29, 1.82) is 0 Å². The molecule has 0 aliphatic rings. The Kier molecular flexibility index (Phi) is 6.95. The maximum absolute atomic E-state index is 13.8. The fourth-order valence-electron chi connectivity index (χ4n) is 3.68. The molecule has 0 saturated heterocycles. The SMILES string of the molecule is CCCCc1nc(O)c(-c2nnc(Cn3ccccc3=O)o2)c(=O)n1-c1c(OC)cccc1OC. The molecule has 11 nitrogen and oxygen atoms in total. The lowest BCUT2D eigenvalue weighted by molar-refractivity contribution is 0.388. The summed E-state index contributed by atoms with van der Waals surface area (Å²) in [6.45, 7) is 2.02. The van der Waals surface area contributed by atoms with E-state index in [-0.39, 0.29) is 29.4 Å². The average molecular weight is 479 g/mol. The molecule has 1 aromatic carbocycles. The van der Waals surface area contributed by atoms with Crippen LogP contribution in [0.5, 0.6) is 17.4 Å². The van der Waals surface area contributed by atoms with E-state index < -0.39 is 11.4 Å². The van der Waals surface area contributed by atoms with Crippen LogP contribution in [0.25, 0.3) is 17.1 Å². The largest absolute Gasteiger partial charge is 0.494 e. The zero-order valence-electron chi connectivity index (χ0n) is 19.6. The van der Waals surface area contributed by atoms with Crippen LogP contribution in [-0.4, -0.2) is 43.6 Å². The van der Waals surface area contributed by atoms with Gasteiger partial charge >= 0.3 is 0 Å². The first-order chi connectivity index (χ1) is 17.0. The molecule has 0 unspecified atom stereocenters. The van der Waals surface area contributed by atoms with Crippen molar-refractivity contribution >= 4 is 0 Å². The van der Waals surface area contributed by atoms with Gasteiger partial charge in [-0.2, -0.15) is 4.98 Å². The van der Waals surface area contributed by atoms with E-state index in [1.54, 1.807) is 36.5 Å². The van der Waals surface area contributed by atoms with E-state index in [1.165, 1.54) is 29.4 Å². The normalized spacial score (nSPS) is 10.9. The lowest BCUT2D eigenvalue weighted by Gasteiger charge is -2.18. The van der Waals surface area contributed by atoms with Gasteiger partial charge in [-0.25, -0.2) is 0 Å². The Bertz CT molecular complexity index is 1430. The van der Waals surface area contributed by atoms with E-state index in [0.717, 1.165) is 12.8 Å². The summed E-state index contributed by atoms with van der Waals surface area (Å²) in [5, 5.41) is 18.6. The first-order valence-electron chi connectivity index (χ1n) is 11.0. The van der Waals surface area contributed by atoms with E-state index in [9.17, 15) is 14.7 Å². The maximum Gasteiger partial charge on any atom is 0.275 e. The van der Waals surface area contributed by atoms with Crippen molar-refractivity contribution in [2.24, 2.45) is 0 Å². The number of aromatic hydroxyl groups is 1. The molecule has 0 fully saturated rings. The molecule has 3 aromatic heterocycles. The summed E-state index contributed by atoms with van der Waals surface area (Å²) < 4.78 is 19.4. The van der Waals surface area contributed by atoms with E-state index in [1.807, 2.05) is 6.92 Å². The quantitative estimate of drug-likeness (QED) is 0.384. The molecule has 182 valence electrons. The van der Waals surface area contributed by atoms with Crippen LogP contribution in [0.4, 0.5) is 0 Å². The van der Waals surface area contributed by atoms with Gasteiger partial charge in [-0.15, -0.1) is 10.2 Å². The third-order valence-electron chi connectivity index (χ3n) is 5.40. The van der Waals surface area contributed by atoms with Gasteiger partial charge in [0.15, 0.2) is 5.56 Å². The van der Waals surface area contributed by atoms with Crippen LogP contribution in [0.3, 0.4) is 0 Å². The highest BCUT2D eigenvalue weighted by Gasteiger charge is 2.26. The minimum Gasteiger partial charge on any atom is -0.494 e. The molecule has 3 heterocycles. The number of benzene rings is 1. The molecule has 0 aliphatic carbocycles. The molecule has 0 spiro atoms. The number of ether oxygens (including phenoxy) is 2. The number of hydrogen-bond acceptors (Lipinski definition) is 9. The molecule has 4 rings (SSSR count). The number of nitrogens with zero attached hydrogens (tertiary/aromatic N) is 5. The van der Waals surface area contributed by atoms with Gasteiger partial charge in [-0.3, -0.25) is 14.2 Å². The van der Waals surface area contributed by atoms with Crippen LogP contribution in [-0.2, 0) is 13.0 Å². The van der Waals surface area contributed by atoms with E-state index in [2.05, 4.69) is 15.2 Å². The molecule has 0 aliphatic heterocycles. The molecule has 0 radical (unpaired) electrons. The van der Waals surface area contributed by atoms with E-state index in [0.29, 0.717) is 29.4 Å². The van der Waals surface area contributed by atoms with Crippen LogP contribution in [0.1, 0.15) is 31.5 Å². The second kappa shape index (κ2) is 10.2. The summed E-state index contributed by atoms with van der Waals surface area (Å²) >= 11 is 0. The lowest BCUT2D eigenvalue weighted by atomic mass is 10.2.